The summed E-state index contributed by atoms with van der Waals surface area (Å²) >= 11 is 0. The first-order valence-corrected chi connectivity index (χ1v) is 8.19. The molecule has 0 amide bonds. The smallest absolute Gasteiger partial charge is 0.0988 e. The van der Waals surface area contributed by atoms with E-state index in [0.29, 0.717) is 11.6 Å². The van der Waals surface area contributed by atoms with Gasteiger partial charge in [-0.15, -0.1) is 0 Å². The number of rotatable bonds is 4. The van der Waals surface area contributed by atoms with Crippen LogP contribution in [0.4, 0.5) is 5.69 Å². The van der Waals surface area contributed by atoms with Crippen molar-refractivity contribution in [2.24, 2.45) is 5.73 Å². The molecule has 0 saturated carbocycles. The van der Waals surface area contributed by atoms with Gasteiger partial charge in [0.2, 0.25) is 0 Å². The van der Waals surface area contributed by atoms with Crippen molar-refractivity contribution in [3.63, 3.8) is 0 Å². The summed E-state index contributed by atoms with van der Waals surface area (Å²) in [6.07, 6.45) is 12.3. The van der Waals surface area contributed by atoms with Crippen molar-refractivity contribution in [1.82, 2.24) is 5.32 Å². The summed E-state index contributed by atoms with van der Waals surface area (Å²) in [5.41, 5.74) is 8.82. The van der Waals surface area contributed by atoms with Gasteiger partial charge in [-0.05, 0) is 29.3 Å². The number of allylic oxidation sites excluding steroid dienone is 5. The molecule has 4 nitrogen and oxygen atoms in total. The maximum Gasteiger partial charge on any atom is 0.0988 e. The van der Waals surface area contributed by atoms with E-state index in [4.69, 9.17) is 11.0 Å². The van der Waals surface area contributed by atoms with Gasteiger partial charge in [0, 0.05) is 41.7 Å². The number of nitrogens with zero attached hydrogens (tertiary/aromatic N) is 1. The number of benzene rings is 1. The predicted octanol–water partition coefficient (Wildman–Crippen LogP) is 1.23. The Morgan fingerprint density at radius 3 is 2.83 bits per heavy atom. The lowest BCUT2D eigenvalue weighted by atomic mass is 9.89. The highest BCUT2D eigenvalue weighted by Crippen LogP contribution is 2.27. The van der Waals surface area contributed by atoms with Gasteiger partial charge in [-0.1, -0.05) is 36.9 Å². The number of anilines is 1. The lowest BCUT2D eigenvalue weighted by Crippen LogP contribution is -2.52. The van der Waals surface area contributed by atoms with Crippen LogP contribution in [-0.2, 0) is 0 Å². The van der Waals surface area contributed by atoms with Crippen LogP contribution in [0.3, 0.4) is 0 Å². The lowest BCUT2D eigenvalue weighted by Gasteiger charge is -2.29. The standard InChI is InChI=1S/C20H22N4/c1-2-4-16-8-17(15-6-3-5-14(7-15)10-21)9-20(19(16)11-22)24-18-12-23-13-18/h2-5,7-9,11,15,18,23-24H,1,6,12-13,22H2/b16-4-,19-11+. The summed E-state index contributed by atoms with van der Waals surface area (Å²) in [7, 11) is 0. The van der Waals surface area contributed by atoms with E-state index in [9.17, 15) is 0 Å². The average Bonchev–Trinajstić information content (AvgIpc) is 2.58. The third-order valence-corrected chi connectivity index (χ3v) is 4.46. The first kappa shape index (κ1) is 16.1. The van der Waals surface area contributed by atoms with Crippen LogP contribution in [0.2, 0.25) is 0 Å². The summed E-state index contributed by atoms with van der Waals surface area (Å²) in [4.78, 5) is 0. The van der Waals surface area contributed by atoms with E-state index in [0.717, 1.165) is 35.6 Å². The molecule has 0 spiro atoms. The number of nitriles is 1. The number of nitrogens with one attached hydrogen (secondary N) is 2. The minimum Gasteiger partial charge on any atom is -0.404 e. The highest BCUT2D eigenvalue weighted by Gasteiger charge is 2.18. The molecular formula is C20H22N4. The highest BCUT2D eigenvalue weighted by atomic mass is 15.1. The Kier molecular flexibility index (Phi) is 4.83. The molecule has 3 rings (SSSR count). The lowest BCUT2D eigenvalue weighted by molar-refractivity contribution is 0.472. The van der Waals surface area contributed by atoms with Crippen LogP contribution in [0.15, 0.2) is 48.6 Å². The Balaban J connectivity index is 2.08. The molecule has 0 bridgehead atoms. The molecule has 1 aromatic rings. The van der Waals surface area contributed by atoms with Crippen LogP contribution >= 0.6 is 0 Å². The van der Waals surface area contributed by atoms with Gasteiger partial charge in [0.05, 0.1) is 12.1 Å². The van der Waals surface area contributed by atoms with Crippen molar-refractivity contribution in [3.8, 4) is 6.07 Å². The van der Waals surface area contributed by atoms with E-state index in [1.807, 2.05) is 18.2 Å². The Labute approximate surface area is 142 Å². The van der Waals surface area contributed by atoms with Crippen molar-refractivity contribution in [1.29, 1.82) is 5.26 Å². The molecular weight excluding hydrogens is 296 g/mol. The highest BCUT2D eigenvalue weighted by molar-refractivity contribution is 5.56. The second-order valence-corrected chi connectivity index (χ2v) is 6.12. The molecule has 1 heterocycles. The average molecular weight is 318 g/mol. The fourth-order valence-electron chi connectivity index (χ4n) is 3.08. The molecule has 1 unspecified atom stereocenters. The fraction of sp³-hybridized carbons (Fsp3) is 0.250. The Morgan fingerprint density at radius 2 is 2.21 bits per heavy atom. The van der Waals surface area contributed by atoms with Gasteiger partial charge >= 0.3 is 0 Å². The normalized spacial score (nSPS) is 21.8. The molecule has 0 aromatic heterocycles. The maximum atomic E-state index is 9.16. The minimum absolute atomic E-state index is 0.202. The third kappa shape index (κ3) is 3.27. The van der Waals surface area contributed by atoms with Gasteiger partial charge in [0.25, 0.3) is 0 Å². The first-order valence-electron chi connectivity index (χ1n) is 8.19. The minimum atomic E-state index is 0.202. The molecule has 1 saturated heterocycles. The first-order chi connectivity index (χ1) is 11.7. The zero-order chi connectivity index (χ0) is 16.9. The number of hydrogen-bond acceptors (Lipinski definition) is 4. The molecule has 1 aliphatic carbocycles. The molecule has 1 atom stereocenters. The van der Waals surface area contributed by atoms with Crippen LogP contribution in [0.1, 0.15) is 17.9 Å². The van der Waals surface area contributed by atoms with Crippen LogP contribution in [0.5, 0.6) is 0 Å². The van der Waals surface area contributed by atoms with Crippen molar-refractivity contribution in [2.75, 3.05) is 18.4 Å². The van der Waals surface area contributed by atoms with Crippen LogP contribution < -0.4 is 26.8 Å². The molecule has 1 fully saturated rings. The molecule has 4 heteroatoms. The van der Waals surface area contributed by atoms with Gasteiger partial charge < -0.3 is 16.4 Å². The Bertz CT molecular complexity index is 851. The second-order valence-electron chi connectivity index (χ2n) is 6.12. The molecule has 1 aromatic carbocycles. The summed E-state index contributed by atoms with van der Waals surface area (Å²) < 4.78 is 0. The van der Waals surface area contributed by atoms with Gasteiger partial charge in [-0.3, -0.25) is 0 Å². The van der Waals surface area contributed by atoms with Crippen molar-refractivity contribution >= 4 is 18.0 Å². The molecule has 2 aliphatic rings. The Morgan fingerprint density at radius 1 is 1.38 bits per heavy atom. The molecule has 4 N–H and O–H groups in total. The molecule has 24 heavy (non-hydrogen) atoms. The van der Waals surface area contributed by atoms with E-state index < -0.39 is 0 Å². The van der Waals surface area contributed by atoms with E-state index in [-0.39, 0.29) is 5.92 Å². The summed E-state index contributed by atoms with van der Waals surface area (Å²) in [5, 5.41) is 18.0. The van der Waals surface area contributed by atoms with Gasteiger partial charge in [0.15, 0.2) is 0 Å². The zero-order valence-electron chi connectivity index (χ0n) is 13.6. The van der Waals surface area contributed by atoms with Gasteiger partial charge in [-0.2, -0.15) is 5.26 Å². The van der Waals surface area contributed by atoms with Gasteiger partial charge in [-0.25, -0.2) is 0 Å². The predicted molar refractivity (Wildman–Crippen MR) is 99.5 cm³/mol. The fourth-order valence-corrected chi connectivity index (χ4v) is 3.08. The van der Waals surface area contributed by atoms with Crippen LogP contribution in [0, 0.1) is 11.3 Å². The third-order valence-electron chi connectivity index (χ3n) is 4.46. The Hall–Kier alpha value is -2.77. The quantitative estimate of drug-likeness (QED) is 0.780. The molecule has 1 aliphatic heterocycles. The van der Waals surface area contributed by atoms with E-state index in [2.05, 4.69) is 41.5 Å². The second kappa shape index (κ2) is 7.20. The van der Waals surface area contributed by atoms with Crippen LogP contribution in [0.25, 0.3) is 12.3 Å². The van der Waals surface area contributed by atoms with Crippen LogP contribution in [-0.4, -0.2) is 19.1 Å². The SMILES string of the molecule is C=C/C=c1/cc(C2C=C(C#N)C=CC2)cc(NC2CNC2)/c1=C/N. The summed E-state index contributed by atoms with van der Waals surface area (Å²) in [6, 6.07) is 6.95. The van der Waals surface area contributed by atoms with E-state index in [1.54, 1.807) is 12.3 Å². The maximum absolute atomic E-state index is 9.16. The number of hydrogen-bond donors (Lipinski definition) is 3. The summed E-state index contributed by atoms with van der Waals surface area (Å²) in [6.45, 7) is 5.73. The molecule has 122 valence electrons. The summed E-state index contributed by atoms with van der Waals surface area (Å²) in [5.74, 6) is 0.202. The van der Waals surface area contributed by atoms with Crippen molar-refractivity contribution in [2.45, 2.75) is 18.4 Å². The zero-order valence-corrected chi connectivity index (χ0v) is 13.6. The van der Waals surface area contributed by atoms with Gasteiger partial charge in [0.1, 0.15) is 0 Å². The molecule has 0 radical (unpaired) electrons. The van der Waals surface area contributed by atoms with Crippen molar-refractivity contribution < 1.29 is 0 Å². The largest absolute Gasteiger partial charge is 0.404 e. The van der Waals surface area contributed by atoms with E-state index >= 15 is 0 Å². The number of nitrogens with two attached hydrogens (primary N) is 1. The monoisotopic (exact) mass is 318 g/mol. The topological polar surface area (TPSA) is 73.9 Å². The van der Waals surface area contributed by atoms with Crippen molar-refractivity contribution in [3.05, 3.63) is 64.6 Å². The van der Waals surface area contributed by atoms with E-state index in [1.165, 1.54) is 5.56 Å².